The van der Waals surface area contributed by atoms with Crippen LogP contribution in [0, 0.1) is 6.92 Å². The maximum atomic E-state index is 5.01. The minimum absolute atomic E-state index is 0.943. The number of imidazole rings is 1. The molecule has 27 heavy (non-hydrogen) atoms. The van der Waals surface area contributed by atoms with Gasteiger partial charge in [0.05, 0.1) is 11.0 Å². The van der Waals surface area contributed by atoms with Gasteiger partial charge >= 0.3 is 0 Å². The number of aromatic amines is 1. The molecule has 2 aromatic heterocycles. The summed E-state index contributed by atoms with van der Waals surface area (Å²) in [5.41, 5.74) is 4.61. The van der Waals surface area contributed by atoms with Crippen LogP contribution in [0.4, 0.5) is 0 Å². The molecular formula is C24H16N2S. The van der Waals surface area contributed by atoms with Crippen LogP contribution in [-0.2, 0) is 0 Å². The number of hydrogen-bond donors (Lipinski definition) is 1. The van der Waals surface area contributed by atoms with Gasteiger partial charge < -0.3 is 4.98 Å². The molecule has 0 aliphatic heterocycles. The lowest BCUT2D eigenvalue weighted by Gasteiger charge is -2.03. The molecule has 128 valence electrons. The summed E-state index contributed by atoms with van der Waals surface area (Å²) in [6, 6.07) is 25.8. The Labute approximate surface area is 160 Å². The zero-order chi connectivity index (χ0) is 18.0. The van der Waals surface area contributed by atoms with Crippen LogP contribution in [0.25, 0.3) is 53.4 Å². The first kappa shape index (κ1) is 14.9. The minimum atomic E-state index is 0.943. The quantitative estimate of drug-likeness (QED) is 0.332. The highest BCUT2D eigenvalue weighted by Crippen LogP contribution is 2.41. The van der Waals surface area contributed by atoms with E-state index in [2.05, 4.69) is 84.7 Å². The molecule has 6 aromatic rings. The van der Waals surface area contributed by atoms with Crippen LogP contribution in [0.3, 0.4) is 0 Å². The van der Waals surface area contributed by atoms with Gasteiger partial charge in [-0.25, -0.2) is 4.98 Å². The van der Waals surface area contributed by atoms with Gasteiger partial charge in [0, 0.05) is 31.1 Å². The molecule has 6 rings (SSSR count). The molecule has 0 bridgehead atoms. The van der Waals surface area contributed by atoms with Crippen molar-refractivity contribution in [3.63, 3.8) is 0 Å². The Bertz CT molecular complexity index is 1490. The predicted molar refractivity (Wildman–Crippen MR) is 117 cm³/mol. The number of benzene rings is 4. The molecule has 4 aromatic carbocycles. The van der Waals surface area contributed by atoms with Crippen LogP contribution in [0.1, 0.15) is 5.56 Å². The maximum Gasteiger partial charge on any atom is 0.139 e. The lowest BCUT2D eigenvalue weighted by atomic mass is 10.0. The van der Waals surface area contributed by atoms with Crippen LogP contribution in [0.15, 0.2) is 72.8 Å². The highest BCUT2D eigenvalue weighted by atomic mass is 32.1. The summed E-state index contributed by atoms with van der Waals surface area (Å²) in [5.74, 6) is 0.943. The Balaban J connectivity index is 1.70. The van der Waals surface area contributed by atoms with E-state index in [4.69, 9.17) is 4.98 Å². The number of aromatic nitrogens is 2. The fraction of sp³-hybridized carbons (Fsp3) is 0.0417. The zero-order valence-corrected chi connectivity index (χ0v) is 15.6. The highest BCUT2D eigenvalue weighted by Gasteiger charge is 2.15. The van der Waals surface area contributed by atoms with E-state index in [1.54, 1.807) is 0 Å². The third-order valence-corrected chi connectivity index (χ3v) is 6.57. The fourth-order valence-corrected chi connectivity index (χ4v) is 5.35. The third kappa shape index (κ3) is 2.09. The summed E-state index contributed by atoms with van der Waals surface area (Å²) in [5, 5.41) is 5.09. The van der Waals surface area contributed by atoms with Crippen molar-refractivity contribution in [2.24, 2.45) is 0 Å². The smallest absolute Gasteiger partial charge is 0.139 e. The molecule has 0 saturated heterocycles. The highest BCUT2D eigenvalue weighted by molar-refractivity contribution is 7.26. The molecule has 0 unspecified atom stereocenters. The van der Waals surface area contributed by atoms with E-state index >= 15 is 0 Å². The van der Waals surface area contributed by atoms with E-state index in [0.29, 0.717) is 0 Å². The van der Waals surface area contributed by atoms with Crippen molar-refractivity contribution in [3.05, 3.63) is 78.4 Å². The molecular weight excluding hydrogens is 348 g/mol. The van der Waals surface area contributed by atoms with Gasteiger partial charge in [-0.2, -0.15) is 0 Å². The van der Waals surface area contributed by atoms with Crippen LogP contribution < -0.4 is 0 Å². The molecule has 2 heterocycles. The van der Waals surface area contributed by atoms with Gasteiger partial charge in [-0.05, 0) is 36.1 Å². The van der Waals surface area contributed by atoms with Crippen molar-refractivity contribution >= 4 is 53.3 Å². The SMILES string of the molecule is Cc1ccc(-c2nc3c(ccc4ccccc43)[nH]2)c2sc3ccccc3c12. The summed E-state index contributed by atoms with van der Waals surface area (Å²) >= 11 is 1.85. The number of nitrogens with zero attached hydrogens (tertiary/aromatic N) is 1. The van der Waals surface area contributed by atoms with Crippen molar-refractivity contribution in [2.75, 3.05) is 0 Å². The van der Waals surface area contributed by atoms with Crippen LogP contribution in [-0.4, -0.2) is 9.97 Å². The molecule has 0 amide bonds. The number of rotatable bonds is 1. The summed E-state index contributed by atoms with van der Waals surface area (Å²) in [7, 11) is 0. The molecule has 0 atom stereocenters. The first-order chi connectivity index (χ1) is 13.3. The summed E-state index contributed by atoms with van der Waals surface area (Å²) in [4.78, 5) is 8.57. The van der Waals surface area contributed by atoms with Crippen molar-refractivity contribution in [3.8, 4) is 11.4 Å². The number of nitrogens with one attached hydrogen (secondary N) is 1. The topological polar surface area (TPSA) is 28.7 Å². The second-order valence-electron chi connectivity index (χ2n) is 7.00. The maximum absolute atomic E-state index is 5.01. The minimum Gasteiger partial charge on any atom is -0.338 e. The standard InChI is InChI=1S/C24H16N2S/c1-14-10-12-18(23-21(14)17-8-4-5-9-20(17)27-23)24-25-19-13-11-15-6-2-3-7-16(15)22(19)26-24/h2-13H,1H3,(H,25,26). The molecule has 0 spiro atoms. The van der Waals surface area contributed by atoms with Crippen molar-refractivity contribution in [2.45, 2.75) is 6.92 Å². The summed E-state index contributed by atoms with van der Waals surface area (Å²) in [6.45, 7) is 2.19. The van der Waals surface area contributed by atoms with Gasteiger partial charge in [0.25, 0.3) is 0 Å². The molecule has 0 fully saturated rings. The van der Waals surface area contributed by atoms with Gasteiger partial charge in [0.2, 0.25) is 0 Å². The normalized spacial score (nSPS) is 11.9. The monoisotopic (exact) mass is 364 g/mol. The van der Waals surface area contributed by atoms with Crippen molar-refractivity contribution in [1.29, 1.82) is 0 Å². The number of fused-ring (bicyclic) bond motifs is 6. The molecule has 0 aliphatic carbocycles. The first-order valence-corrected chi connectivity index (χ1v) is 9.90. The fourth-order valence-electron chi connectivity index (χ4n) is 4.05. The van der Waals surface area contributed by atoms with Gasteiger partial charge in [0.1, 0.15) is 5.82 Å². The second kappa shape index (κ2) is 5.41. The molecule has 3 heteroatoms. The van der Waals surface area contributed by atoms with Gasteiger partial charge in [-0.3, -0.25) is 0 Å². The zero-order valence-electron chi connectivity index (χ0n) is 14.8. The van der Waals surface area contributed by atoms with Gasteiger partial charge in [-0.15, -0.1) is 11.3 Å². The van der Waals surface area contributed by atoms with E-state index in [9.17, 15) is 0 Å². The average molecular weight is 364 g/mol. The third-order valence-electron chi connectivity index (χ3n) is 5.37. The van der Waals surface area contributed by atoms with Crippen molar-refractivity contribution in [1.82, 2.24) is 9.97 Å². The average Bonchev–Trinajstić information content (AvgIpc) is 3.30. The Kier molecular flexibility index (Phi) is 3.00. The van der Waals surface area contributed by atoms with E-state index in [1.165, 1.54) is 42.1 Å². The second-order valence-corrected chi connectivity index (χ2v) is 8.05. The number of aryl methyl sites for hydroxylation is 1. The molecule has 0 radical (unpaired) electrons. The van der Waals surface area contributed by atoms with E-state index in [1.807, 2.05) is 11.3 Å². The first-order valence-electron chi connectivity index (χ1n) is 9.08. The Morgan fingerprint density at radius 3 is 2.56 bits per heavy atom. The van der Waals surface area contributed by atoms with Gasteiger partial charge in [-0.1, -0.05) is 54.6 Å². The van der Waals surface area contributed by atoms with E-state index in [-0.39, 0.29) is 0 Å². The van der Waals surface area contributed by atoms with Crippen LogP contribution in [0.5, 0.6) is 0 Å². The Morgan fingerprint density at radius 1 is 0.815 bits per heavy atom. The van der Waals surface area contributed by atoms with Crippen molar-refractivity contribution < 1.29 is 0 Å². The summed E-state index contributed by atoms with van der Waals surface area (Å²) < 4.78 is 2.63. The largest absolute Gasteiger partial charge is 0.338 e. The lowest BCUT2D eigenvalue weighted by Crippen LogP contribution is -1.83. The van der Waals surface area contributed by atoms with E-state index < -0.39 is 0 Å². The number of H-pyrrole nitrogens is 1. The lowest BCUT2D eigenvalue weighted by molar-refractivity contribution is 1.35. The summed E-state index contributed by atoms with van der Waals surface area (Å²) in [6.07, 6.45) is 0. The van der Waals surface area contributed by atoms with E-state index in [0.717, 1.165) is 16.9 Å². The molecule has 1 N–H and O–H groups in total. The van der Waals surface area contributed by atoms with Crippen LogP contribution in [0.2, 0.25) is 0 Å². The number of hydrogen-bond acceptors (Lipinski definition) is 2. The Morgan fingerprint density at radius 2 is 1.63 bits per heavy atom. The molecule has 2 nitrogen and oxygen atoms in total. The number of thiophene rings is 1. The van der Waals surface area contributed by atoms with Gasteiger partial charge in [0.15, 0.2) is 0 Å². The molecule has 0 saturated carbocycles. The van der Waals surface area contributed by atoms with Crippen LogP contribution >= 0.6 is 11.3 Å². The predicted octanol–water partition coefficient (Wildman–Crippen LogP) is 7.06. The molecule has 0 aliphatic rings. The Hall–Kier alpha value is -3.17.